The van der Waals surface area contributed by atoms with Crippen LogP contribution in [0.1, 0.15) is 58.3 Å². The Morgan fingerprint density at radius 2 is 1.88 bits per heavy atom. The minimum absolute atomic E-state index is 0.169. The third-order valence-corrected chi connectivity index (χ3v) is 4.56. The maximum Gasteiger partial charge on any atom is 0.223 e. The van der Waals surface area contributed by atoms with Crippen molar-refractivity contribution in [2.45, 2.75) is 70.4 Å². The van der Waals surface area contributed by atoms with Crippen molar-refractivity contribution >= 4 is 5.91 Å². The van der Waals surface area contributed by atoms with Gasteiger partial charge in [-0.25, -0.2) is 0 Å². The lowest BCUT2D eigenvalue weighted by atomic mass is 9.85. The Morgan fingerprint density at radius 1 is 1.18 bits per heavy atom. The van der Waals surface area contributed by atoms with E-state index in [2.05, 4.69) is 12.2 Å². The van der Waals surface area contributed by atoms with Gasteiger partial charge in [0.25, 0.3) is 0 Å². The molecular formula is C14H26N2O. The van der Waals surface area contributed by atoms with Crippen molar-refractivity contribution in [1.82, 2.24) is 5.32 Å². The number of nitrogens with two attached hydrogens (primary N) is 1. The van der Waals surface area contributed by atoms with Crippen LogP contribution in [0.3, 0.4) is 0 Å². The standard InChI is InChI=1S/C14H26N2O/c1-10(11-5-2-3-6-11)16-14(17)12-7-4-8-13(15)9-12/h10-13H,2-9,15H2,1H3,(H,16,17)/t10-,12?,13?/m1/s1. The van der Waals surface area contributed by atoms with Crippen LogP contribution in [0.25, 0.3) is 0 Å². The lowest BCUT2D eigenvalue weighted by molar-refractivity contribution is -0.127. The van der Waals surface area contributed by atoms with Crippen LogP contribution in [0.15, 0.2) is 0 Å². The smallest absolute Gasteiger partial charge is 0.223 e. The molecule has 0 radical (unpaired) electrons. The van der Waals surface area contributed by atoms with E-state index < -0.39 is 0 Å². The Bertz CT molecular complexity index is 261. The Kier molecular flexibility index (Phi) is 4.43. The predicted octanol–water partition coefficient (Wildman–Crippen LogP) is 2.20. The maximum absolute atomic E-state index is 12.1. The summed E-state index contributed by atoms with van der Waals surface area (Å²) in [6.45, 7) is 2.16. The van der Waals surface area contributed by atoms with Crippen molar-refractivity contribution < 1.29 is 4.79 Å². The Labute approximate surface area is 105 Å². The molecule has 0 heterocycles. The Hall–Kier alpha value is -0.570. The fourth-order valence-corrected chi connectivity index (χ4v) is 3.38. The molecule has 0 bridgehead atoms. The van der Waals surface area contributed by atoms with Gasteiger partial charge in [-0.2, -0.15) is 0 Å². The van der Waals surface area contributed by atoms with E-state index in [-0.39, 0.29) is 17.9 Å². The second-order valence-electron chi connectivity index (χ2n) is 5.97. The highest BCUT2D eigenvalue weighted by Crippen LogP contribution is 2.28. The van der Waals surface area contributed by atoms with Crippen LogP contribution in [-0.4, -0.2) is 18.0 Å². The zero-order chi connectivity index (χ0) is 12.3. The quantitative estimate of drug-likeness (QED) is 0.792. The van der Waals surface area contributed by atoms with E-state index in [1.54, 1.807) is 0 Å². The summed E-state index contributed by atoms with van der Waals surface area (Å²) in [5.74, 6) is 1.12. The van der Waals surface area contributed by atoms with E-state index >= 15 is 0 Å². The number of carbonyl (C=O) groups excluding carboxylic acids is 1. The van der Waals surface area contributed by atoms with Gasteiger partial charge in [0.1, 0.15) is 0 Å². The molecule has 98 valence electrons. The van der Waals surface area contributed by atoms with Gasteiger partial charge in [0, 0.05) is 18.0 Å². The summed E-state index contributed by atoms with van der Waals surface area (Å²) in [5, 5.41) is 3.22. The Morgan fingerprint density at radius 3 is 2.53 bits per heavy atom. The Balaban J connectivity index is 1.79. The summed E-state index contributed by atoms with van der Waals surface area (Å²) >= 11 is 0. The molecule has 2 rings (SSSR count). The minimum atomic E-state index is 0.169. The normalized spacial score (nSPS) is 32.4. The second-order valence-corrected chi connectivity index (χ2v) is 5.97. The van der Waals surface area contributed by atoms with E-state index in [1.165, 1.54) is 25.7 Å². The molecular weight excluding hydrogens is 212 g/mol. The minimum Gasteiger partial charge on any atom is -0.353 e. The number of carbonyl (C=O) groups is 1. The summed E-state index contributed by atoms with van der Waals surface area (Å²) in [6.07, 6.45) is 9.33. The van der Waals surface area contributed by atoms with Crippen LogP contribution in [-0.2, 0) is 4.79 Å². The monoisotopic (exact) mass is 238 g/mol. The maximum atomic E-state index is 12.1. The van der Waals surface area contributed by atoms with Crippen LogP contribution in [0, 0.1) is 11.8 Å². The highest BCUT2D eigenvalue weighted by molar-refractivity contribution is 5.79. The van der Waals surface area contributed by atoms with Gasteiger partial charge in [-0.15, -0.1) is 0 Å². The van der Waals surface area contributed by atoms with Crippen molar-refractivity contribution in [2.24, 2.45) is 17.6 Å². The zero-order valence-corrected chi connectivity index (χ0v) is 11.0. The lowest BCUT2D eigenvalue weighted by Crippen LogP contribution is -2.43. The molecule has 2 aliphatic rings. The molecule has 0 spiro atoms. The van der Waals surface area contributed by atoms with E-state index in [9.17, 15) is 4.79 Å². The van der Waals surface area contributed by atoms with Gasteiger partial charge in [-0.3, -0.25) is 4.79 Å². The first-order valence-electron chi connectivity index (χ1n) is 7.22. The zero-order valence-electron chi connectivity index (χ0n) is 11.0. The van der Waals surface area contributed by atoms with E-state index in [0.29, 0.717) is 12.0 Å². The fraction of sp³-hybridized carbons (Fsp3) is 0.929. The highest BCUT2D eigenvalue weighted by atomic mass is 16.1. The van der Waals surface area contributed by atoms with Gasteiger partial charge in [-0.1, -0.05) is 19.3 Å². The molecule has 0 aromatic rings. The molecule has 2 fully saturated rings. The molecule has 17 heavy (non-hydrogen) atoms. The van der Waals surface area contributed by atoms with Gasteiger partial charge in [-0.05, 0) is 44.9 Å². The van der Waals surface area contributed by atoms with Gasteiger partial charge in [0.15, 0.2) is 0 Å². The van der Waals surface area contributed by atoms with Crippen molar-refractivity contribution in [3.63, 3.8) is 0 Å². The molecule has 0 aliphatic heterocycles. The first kappa shape index (κ1) is 12.9. The topological polar surface area (TPSA) is 55.1 Å². The average molecular weight is 238 g/mol. The van der Waals surface area contributed by atoms with E-state index in [4.69, 9.17) is 5.73 Å². The molecule has 3 N–H and O–H groups in total. The molecule has 3 nitrogen and oxygen atoms in total. The molecule has 1 amide bonds. The molecule has 3 heteroatoms. The number of hydrogen-bond donors (Lipinski definition) is 2. The summed E-state index contributed by atoms with van der Waals surface area (Å²) in [5.41, 5.74) is 5.94. The highest BCUT2D eigenvalue weighted by Gasteiger charge is 2.28. The van der Waals surface area contributed by atoms with Crippen molar-refractivity contribution in [1.29, 1.82) is 0 Å². The number of amides is 1. The van der Waals surface area contributed by atoms with Gasteiger partial charge in [0.2, 0.25) is 5.91 Å². The predicted molar refractivity (Wildman–Crippen MR) is 69.5 cm³/mol. The molecule has 2 saturated carbocycles. The van der Waals surface area contributed by atoms with Crippen LogP contribution >= 0.6 is 0 Å². The van der Waals surface area contributed by atoms with Crippen molar-refractivity contribution in [3.05, 3.63) is 0 Å². The van der Waals surface area contributed by atoms with Crippen molar-refractivity contribution in [2.75, 3.05) is 0 Å². The molecule has 0 saturated heterocycles. The van der Waals surface area contributed by atoms with Crippen LogP contribution in [0.5, 0.6) is 0 Å². The lowest BCUT2D eigenvalue weighted by Gasteiger charge is -2.28. The molecule has 0 aromatic heterocycles. The SMILES string of the molecule is C[C@@H](NC(=O)C1CCCC(N)C1)C1CCCC1. The molecule has 2 unspecified atom stereocenters. The third kappa shape index (κ3) is 3.44. The second kappa shape index (κ2) is 5.85. The van der Waals surface area contributed by atoms with Crippen molar-refractivity contribution in [3.8, 4) is 0 Å². The van der Waals surface area contributed by atoms with Gasteiger partial charge in [0.05, 0.1) is 0 Å². The van der Waals surface area contributed by atoms with Crippen LogP contribution in [0.4, 0.5) is 0 Å². The first-order chi connectivity index (χ1) is 8.16. The van der Waals surface area contributed by atoms with Crippen LogP contribution < -0.4 is 11.1 Å². The van der Waals surface area contributed by atoms with E-state index in [0.717, 1.165) is 25.7 Å². The first-order valence-corrected chi connectivity index (χ1v) is 7.22. The molecule has 2 aliphatic carbocycles. The van der Waals surface area contributed by atoms with Gasteiger partial charge >= 0.3 is 0 Å². The third-order valence-electron chi connectivity index (χ3n) is 4.56. The summed E-state index contributed by atoms with van der Waals surface area (Å²) in [6, 6.07) is 0.587. The van der Waals surface area contributed by atoms with E-state index in [1.807, 2.05) is 0 Å². The summed E-state index contributed by atoms with van der Waals surface area (Å²) in [7, 11) is 0. The average Bonchev–Trinajstić information content (AvgIpc) is 2.82. The van der Waals surface area contributed by atoms with Gasteiger partial charge < -0.3 is 11.1 Å². The number of rotatable bonds is 3. The fourth-order valence-electron chi connectivity index (χ4n) is 3.38. The number of nitrogens with one attached hydrogen (secondary N) is 1. The molecule has 3 atom stereocenters. The molecule has 0 aromatic carbocycles. The summed E-state index contributed by atoms with van der Waals surface area (Å²) in [4.78, 5) is 12.1. The number of hydrogen-bond acceptors (Lipinski definition) is 2. The van der Waals surface area contributed by atoms with Crippen LogP contribution in [0.2, 0.25) is 0 Å². The summed E-state index contributed by atoms with van der Waals surface area (Å²) < 4.78 is 0. The largest absolute Gasteiger partial charge is 0.353 e.